The second-order valence-corrected chi connectivity index (χ2v) is 21.8. The van der Waals surface area contributed by atoms with Crippen LogP contribution in [0.4, 0.5) is 5.69 Å². The molecule has 7 heteroatoms. The second-order valence-electron chi connectivity index (χ2n) is 20.8. The van der Waals surface area contributed by atoms with E-state index < -0.39 is 5.41 Å². The van der Waals surface area contributed by atoms with Crippen molar-refractivity contribution in [3.8, 4) is 50.7 Å². The van der Waals surface area contributed by atoms with Crippen molar-refractivity contribution in [3.63, 3.8) is 0 Å². The summed E-state index contributed by atoms with van der Waals surface area (Å²) in [7, 11) is 0. The normalized spacial score (nSPS) is 13.1. The van der Waals surface area contributed by atoms with E-state index in [1.807, 2.05) is 42.4 Å². The molecule has 0 fully saturated rings. The van der Waals surface area contributed by atoms with Crippen LogP contribution in [0.3, 0.4) is 0 Å². The summed E-state index contributed by atoms with van der Waals surface area (Å²) < 4.78 is 7.09. The van der Waals surface area contributed by atoms with Gasteiger partial charge >= 0.3 is 0 Å². The van der Waals surface area contributed by atoms with Gasteiger partial charge in [-0.1, -0.05) is 139 Å². The molecule has 0 radical (unpaired) electrons. The summed E-state index contributed by atoms with van der Waals surface area (Å²) >= 11 is 1.85. The minimum Gasteiger partial charge on any atom is -0.309 e. The molecule has 10 aromatic carbocycles. The third-order valence-corrected chi connectivity index (χ3v) is 17.9. The topological polar surface area (TPSA) is 44.9 Å². The molecular weight excluding hydrogens is 981 g/mol. The van der Waals surface area contributed by atoms with E-state index in [4.69, 9.17) is 16.5 Å². The summed E-state index contributed by atoms with van der Waals surface area (Å²) in [6.45, 7) is 7.89. The molecule has 79 heavy (non-hydrogen) atoms. The highest BCUT2D eigenvalue weighted by molar-refractivity contribution is 7.99. The van der Waals surface area contributed by atoms with E-state index in [1.54, 1.807) is 0 Å². The average Bonchev–Trinajstić information content (AvgIpc) is 4.44. The zero-order valence-corrected chi connectivity index (χ0v) is 43.2. The molecule has 6 heterocycles. The fourth-order valence-corrected chi connectivity index (χ4v) is 14.7. The number of rotatable bonds is 5. The van der Waals surface area contributed by atoms with E-state index in [2.05, 4.69) is 243 Å². The van der Waals surface area contributed by atoms with Crippen molar-refractivity contribution in [1.82, 2.24) is 23.7 Å². The molecule has 0 saturated heterocycles. The predicted molar refractivity (Wildman–Crippen MR) is 324 cm³/mol. The maximum atomic E-state index is 7.89. The van der Waals surface area contributed by atoms with Crippen LogP contribution in [-0.2, 0) is 5.41 Å². The van der Waals surface area contributed by atoms with Gasteiger partial charge in [0.25, 0.3) is 0 Å². The van der Waals surface area contributed by atoms with Gasteiger partial charge < -0.3 is 13.7 Å². The van der Waals surface area contributed by atoms with Crippen molar-refractivity contribution in [2.75, 3.05) is 0 Å². The summed E-state index contributed by atoms with van der Waals surface area (Å²) in [4.78, 5) is 16.3. The van der Waals surface area contributed by atoms with Crippen LogP contribution in [0.1, 0.15) is 22.3 Å². The van der Waals surface area contributed by atoms with Crippen LogP contribution in [-0.4, -0.2) is 23.7 Å². The van der Waals surface area contributed by atoms with E-state index in [9.17, 15) is 0 Å². The number of hydrogen-bond acceptors (Lipinski definition) is 3. The lowest BCUT2D eigenvalue weighted by Crippen LogP contribution is -2.32. The van der Waals surface area contributed by atoms with Crippen LogP contribution in [0.25, 0.3) is 121 Å². The van der Waals surface area contributed by atoms with Crippen LogP contribution in [0.15, 0.2) is 265 Å². The number of benzene rings is 10. The average molecular weight is 1020 g/mol. The van der Waals surface area contributed by atoms with Gasteiger partial charge in [-0.3, -0.25) is 9.97 Å². The third kappa shape index (κ3) is 6.17. The fraction of sp³-hybridized carbons (Fsp3) is 0.0139. The van der Waals surface area contributed by atoms with E-state index in [0.29, 0.717) is 5.69 Å². The first-order valence-electron chi connectivity index (χ1n) is 26.6. The molecule has 6 nitrogen and oxygen atoms in total. The Hall–Kier alpha value is -10.3. The van der Waals surface area contributed by atoms with Crippen molar-refractivity contribution in [3.05, 3.63) is 289 Å². The summed E-state index contributed by atoms with van der Waals surface area (Å²) in [6.07, 6.45) is 3.78. The minimum absolute atomic E-state index is 0.629. The molecule has 366 valence electrons. The predicted octanol–water partition coefficient (Wildman–Crippen LogP) is 18.5. The van der Waals surface area contributed by atoms with E-state index in [-0.39, 0.29) is 0 Å². The van der Waals surface area contributed by atoms with Crippen LogP contribution in [0.5, 0.6) is 0 Å². The Morgan fingerprint density at radius 2 is 0.722 bits per heavy atom. The maximum Gasteiger partial charge on any atom is 0.188 e. The van der Waals surface area contributed by atoms with Gasteiger partial charge in [0.05, 0.1) is 56.5 Å². The van der Waals surface area contributed by atoms with Gasteiger partial charge in [-0.05, 0) is 165 Å². The SMILES string of the molecule is [C-]#[N+]c1ccc2c(c1)c1cc(-c3ccc4c(c3)Sc3cc(-c5ccc6c(c5)c5ccccc5n6-c5ccc(-n6c7ccccc7c7ccccc76)cc5)ccc3C43c4cccnc4-c4ncccc43)ccc1n2-c1ccccc1. The Bertz CT molecular complexity index is 5030. The lowest BCUT2D eigenvalue weighted by Gasteiger charge is -2.39. The van der Waals surface area contributed by atoms with Crippen LogP contribution in [0.2, 0.25) is 0 Å². The monoisotopic (exact) mass is 1020 g/mol. The first-order chi connectivity index (χ1) is 39.1. The maximum absolute atomic E-state index is 7.89. The largest absolute Gasteiger partial charge is 0.309 e. The van der Waals surface area contributed by atoms with Gasteiger partial charge in [-0.15, -0.1) is 0 Å². The van der Waals surface area contributed by atoms with Gasteiger partial charge in [0, 0.05) is 66.2 Å². The van der Waals surface area contributed by atoms with Gasteiger partial charge in [0.1, 0.15) is 0 Å². The lowest BCUT2D eigenvalue weighted by atomic mass is 9.67. The van der Waals surface area contributed by atoms with Crippen molar-refractivity contribution >= 4 is 82.9 Å². The van der Waals surface area contributed by atoms with E-state index >= 15 is 0 Å². The molecule has 0 unspecified atom stereocenters. The van der Waals surface area contributed by atoms with Gasteiger partial charge in [0.15, 0.2) is 5.69 Å². The Labute approximate surface area is 458 Å². The number of fused-ring (bicyclic) bond motifs is 18. The third-order valence-electron chi connectivity index (χ3n) is 16.8. The van der Waals surface area contributed by atoms with Crippen LogP contribution < -0.4 is 0 Å². The standard InChI is InChI=1S/C72H42N6S/c1-73-48-27-36-67-57(43-48)56-40-45(26-35-66(56)76(67)49-13-3-2-4-14-49)47-24-33-59-69(42-47)79-68-41-46(23-32-58(68)72(59)60-18-11-37-74-70(60)71-61(72)19-12-38-75-71)44-25-34-65-55(39-44)54-17-7-10-22-64(54)78(65)51-30-28-50(29-31-51)77-62-20-8-5-15-52(62)53-16-6-9-21-63(53)77/h2-43H. The summed E-state index contributed by atoms with van der Waals surface area (Å²) in [6, 6.07) is 88.3. The molecule has 1 aliphatic carbocycles. The molecule has 0 N–H and O–H groups in total. The van der Waals surface area contributed by atoms with Crippen molar-refractivity contribution < 1.29 is 0 Å². The first kappa shape index (κ1) is 43.9. The number of aromatic nitrogens is 5. The summed E-state index contributed by atoms with van der Waals surface area (Å²) in [5, 5.41) is 7.12. The van der Waals surface area contributed by atoms with E-state index in [1.165, 1.54) is 59.0 Å². The molecule has 2 aliphatic rings. The van der Waals surface area contributed by atoms with Crippen molar-refractivity contribution in [2.24, 2.45) is 0 Å². The smallest absolute Gasteiger partial charge is 0.188 e. The molecule has 15 aromatic rings. The molecule has 0 bridgehead atoms. The van der Waals surface area contributed by atoms with Gasteiger partial charge in [0.2, 0.25) is 0 Å². The van der Waals surface area contributed by atoms with Crippen LogP contribution >= 0.6 is 11.8 Å². The second kappa shape index (κ2) is 16.6. The van der Waals surface area contributed by atoms with Crippen molar-refractivity contribution in [2.45, 2.75) is 15.2 Å². The lowest BCUT2D eigenvalue weighted by molar-refractivity contribution is 0.720. The number of para-hydroxylation sites is 4. The molecule has 0 atom stereocenters. The zero-order valence-electron chi connectivity index (χ0n) is 42.3. The highest BCUT2D eigenvalue weighted by Gasteiger charge is 2.51. The first-order valence-corrected chi connectivity index (χ1v) is 27.5. The summed E-state index contributed by atoms with van der Waals surface area (Å²) in [5.41, 5.74) is 21.4. The number of hydrogen-bond donors (Lipinski definition) is 0. The highest BCUT2D eigenvalue weighted by atomic mass is 32.2. The van der Waals surface area contributed by atoms with Gasteiger partial charge in [-0.2, -0.15) is 0 Å². The van der Waals surface area contributed by atoms with E-state index in [0.717, 1.165) is 89.2 Å². The fourth-order valence-electron chi connectivity index (χ4n) is 13.5. The molecule has 0 amide bonds. The Morgan fingerprint density at radius 1 is 0.329 bits per heavy atom. The Balaban J connectivity index is 0.805. The summed E-state index contributed by atoms with van der Waals surface area (Å²) in [5.74, 6) is 0. The molecule has 5 aromatic heterocycles. The number of pyridine rings is 2. The molecule has 0 saturated carbocycles. The minimum atomic E-state index is -0.641. The highest BCUT2D eigenvalue weighted by Crippen LogP contribution is 2.62. The van der Waals surface area contributed by atoms with Crippen molar-refractivity contribution in [1.29, 1.82) is 0 Å². The molecule has 1 aliphatic heterocycles. The zero-order chi connectivity index (χ0) is 51.9. The molecular formula is C72H42N6S. The number of nitrogens with zero attached hydrogens (tertiary/aromatic N) is 6. The Morgan fingerprint density at radius 3 is 1.23 bits per heavy atom. The quantitative estimate of drug-likeness (QED) is 0.161. The Kier molecular flexibility index (Phi) is 9.24. The molecule has 1 spiro atoms. The van der Waals surface area contributed by atoms with Crippen LogP contribution in [0, 0.1) is 6.57 Å². The molecule has 17 rings (SSSR count). The van der Waals surface area contributed by atoms with Gasteiger partial charge in [-0.25, -0.2) is 4.85 Å².